The molecule has 6 nitrogen and oxygen atoms in total. The molecule has 0 bridgehead atoms. The molecular formula is C16H17ClN6. The van der Waals surface area contributed by atoms with Gasteiger partial charge in [-0.3, -0.25) is 4.90 Å². The van der Waals surface area contributed by atoms with Crippen LogP contribution in [0.3, 0.4) is 0 Å². The lowest BCUT2D eigenvalue weighted by molar-refractivity contribution is 0.250. The first-order valence-corrected chi connectivity index (χ1v) is 8.05. The van der Waals surface area contributed by atoms with E-state index in [1.54, 1.807) is 6.07 Å². The first-order valence-electron chi connectivity index (χ1n) is 7.67. The lowest BCUT2D eigenvalue weighted by atomic mass is 10.2. The summed E-state index contributed by atoms with van der Waals surface area (Å²) in [7, 11) is 0. The number of halogens is 1. The van der Waals surface area contributed by atoms with Crippen molar-refractivity contribution in [2.45, 2.75) is 6.54 Å². The third-order valence-electron chi connectivity index (χ3n) is 4.24. The summed E-state index contributed by atoms with van der Waals surface area (Å²) >= 11 is 5.79. The van der Waals surface area contributed by atoms with E-state index in [2.05, 4.69) is 42.2 Å². The monoisotopic (exact) mass is 328 g/mol. The number of aromatic nitrogens is 4. The van der Waals surface area contributed by atoms with E-state index < -0.39 is 0 Å². The number of hydrogen-bond donors (Lipinski definition) is 1. The number of anilines is 1. The summed E-state index contributed by atoms with van der Waals surface area (Å²) in [5, 5.41) is 9.71. The highest BCUT2D eigenvalue weighted by Gasteiger charge is 2.19. The van der Waals surface area contributed by atoms with Gasteiger partial charge in [0, 0.05) is 50.5 Å². The zero-order chi connectivity index (χ0) is 15.6. The molecular weight excluding hydrogens is 312 g/mol. The van der Waals surface area contributed by atoms with Crippen molar-refractivity contribution >= 4 is 28.5 Å². The number of hydrogen-bond acceptors (Lipinski definition) is 5. The van der Waals surface area contributed by atoms with Gasteiger partial charge in [0.25, 0.3) is 0 Å². The van der Waals surface area contributed by atoms with Crippen LogP contribution in [0.2, 0.25) is 5.15 Å². The maximum absolute atomic E-state index is 5.79. The van der Waals surface area contributed by atoms with Gasteiger partial charge in [-0.05, 0) is 29.8 Å². The molecule has 0 radical (unpaired) electrons. The second kappa shape index (κ2) is 6.14. The molecule has 4 heterocycles. The Hall–Kier alpha value is -2.18. The van der Waals surface area contributed by atoms with Crippen LogP contribution in [0.5, 0.6) is 0 Å². The van der Waals surface area contributed by atoms with Gasteiger partial charge in [-0.25, -0.2) is 4.98 Å². The summed E-state index contributed by atoms with van der Waals surface area (Å²) in [6.45, 7) is 4.81. The van der Waals surface area contributed by atoms with Crippen LogP contribution in [0.15, 0.2) is 36.7 Å². The molecule has 1 fully saturated rings. The zero-order valence-electron chi connectivity index (χ0n) is 12.6. The first kappa shape index (κ1) is 14.4. The summed E-state index contributed by atoms with van der Waals surface area (Å²) in [5.41, 5.74) is 2.26. The van der Waals surface area contributed by atoms with E-state index in [-0.39, 0.29) is 0 Å². The fourth-order valence-corrected chi connectivity index (χ4v) is 3.10. The van der Waals surface area contributed by atoms with E-state index in [0.29, 0.717) is 5.15 Å². The van der Waals surface area contributed by atoms with Crippen molar-refractivity contribution in [1.82, 2.24) is 25.1 Å². The first-order chi connectivity index (χ1) is 11.3. The van der Waals surface area contributed by atoms with Crippen LogP contribution >= 0.6 is 11.6 Å². The fraction of sp³-hybridized carbons (Fsp3) is 0.312. The molecule has 3 aromatic rings. The predicted octanol–water partition coefficient (Wildman–Crippen LogP) is 2.33. The van der Waals surface area contributed by atoms with Crippen LogP contribution < -0.4 is 4.90 Å². The summed E-state index contributed by atoms with van der Waals surface area (Å²) in [5.74, 6) is 0.894. The molecule has 23 heavy (non-hydrogen) atoms. The molecule has 7 heteroatoms. The molecule has 1 saturated heterocycles. The van der Waals surface area contributed by atoms with Crippen molar-refractivity contribution in [2.75, 3.05) is 31.1 Å². The number of H-pyrrole nitrogens is 1. The van der Waals surface area contributed by atoms with Crippen LogP contribution in [-0.4, -0.2) is 51.2 Å². The molecule has 0 unspecified atom stereocenters. The molecule has 0 saturated carbocycles. The van der Waals surface area contributed by atoms with Crippen molar-refractivity contribution in [1.29, 1.82) is 0 Å². The SMILES string of the molecule is Clc1ccc(N2CCN(Cc3c[nH]c4ncccc34)CC2)nn1. The number of nitrogens with zero attached hydrogens (tertiary/aromatic N) is 5. The molecule has 0 spiro atoms. The Morgan fingerprint density at radius 1 is 1.09 bits per heavy atom. The van der Waals surface area contributed by atoms with Crippen LogP contribution in [0.25, 0.3) is 11.0 Å². The lowest BCUT2D eigenvalue weighted by Gasteiger charge is -2.35. The van der Waals surface area contributed by atoms with Gasteiger partial charge < -0.3 is 9.88 Å². The van der Waals surface area contributed by atoms with Crippen LogP contribution in [0.4, 0.5) is 5.82 Å². The smallest absolute Gasteiger partial charge is 0.151 e. The molecule has 0 atom stereocenters. The van der Waals surface area contributed by atoms with Crippen molar-refractivity contribution in [3.8, 4) is 0 Å². The molecule has 1 N–H and O–H groups in total. The van der Waals surface area contributed by atoms with E-state index in [1.165, 1.54) is 10.9 Å². The average molecular weight is 329 g/mol. The highest BCUT2D eigenvalue weighted by Crippen LogP contribution is 2.19. The molecule has 0 aliphatic carbocycles. The quantitative estimate of drug-likeness (QED) is 0.799. The second-order valence-corrected chi connectivity index (χ2v) is 6.08. The van der Waals surface area contributed by atoms with Crippen LogP contribution in [-0.2, 0) is 6.54 Å². The summed E-state index contributed by atoms with van der Waals surface area (Å²) in [4.78, 5) is 12.3. The van der Waals surface area contributed by atoms with Gasteiger partial charge in [-0.1, -0.05) is 11.6 Å². The van der Waals surface area contributed by atoms with Gasteiger partial charge in [-0.15, -0.1) is 10.2 Å². The van der Waals surface area contributed by atoms with Gasteiger partial charge in [0.05, 0.1) is 0 Å². The minimum absolute atomic E-state index is 0.431. The number of nitrogens with one attached hydrogen (secondary N) is 1. The third-order valence-corrected chi connectivity index (χ3v) is 4.45. The molecule has 3 aromatic heterocycles. The van der Waals surface area contributed by atoms with E-state index in [1.807, 2.05) is 18.3 Å². The second-order valence-electron chi connectivity index (χ2n) is 5.69. The minimum atomic E-state index is 0.431. The highest BCUT2D eigenvalue weighted by molar-refractivity contribution is 6.29. The third kappa shape index (κ3) is 3.00. The van der Waals surface area contributed by atoms with Gasteiger partial charge >= 0.3 is 0 Å². The summed E-state index contributed by atoms with van der Waals surface area (Å²) in [6, 6.07) is 7.82. The van der Waals surface area contributed by atoms with Crippen molar-refractivity contribution in [3.05, 3.63) is 47.4 Å². The van der Waals surface area contributed by atoms with Crippen molar-refractivity contribution in [2.24, 2.45) is 0 Å². The largest absolute Gasteiger partial charge is 0.353 e. The highest BCUT2D eigenvalue weighted by atomic mass is 35.5. The van der Waals surface area contributed by atoms with Crippen molar-refractivity contribution in [3.63, 3.8) is 0 Å². The molecule has 1 aliphatic heterocycles. The maximum atomic E-state index is 5.79. The lowest BCUT2D eigenvalue weighted by Crippen LogP contribution is -2.46. The van der Waals surface area contributed by atoms with Gasteiger partial charge in [-0.2, -0.15) is 0 Å². The predicted molar refractivity (Wildman–Crippen MR) is 90.6 cm³/mol. The molecule has 1 aliphatic rings. The van der Waals surface area contributed by atoms with Gasteiger partial charge in [0.2, 0.25) is 0 Å². The topological polar surface area (TPSA) is 60.9 Å². The maximum Gasteiger partial charge on any atom is 0.151 e. The minimum Gasteiger partial charge on any atom is -0.353 e. The zero-order valence-corrected chi connectivity index (χ0v) is 13.4. The average Bonchev–Trinajstić information content (AvgIpc) is 3.00. The standard InChI is InChI=1S/C16H17ClN6/c17-14-3-4-15(21-20-14)23-8-6-22(7-9-23)11-12-10-19-16-13(12)2-1-5-18-16/h1-5,10H,6-9,11H2,(H,18,19). The number of piperazine rings is 1. The Morgan fingerprint density at radius 2 is 1.96 bits per heavy atom. The van der Waals surface area contributed by atoms with E-state index >= 15 is 0 Å². The van der Waals surface area contributed by atoms with Crippen LogP contribution in [0.1, 0.15) is 5.56 Å². The number of fused-ring (bicyclic) bond motifs is 1. The van der Waals surface area contributed by atoms with Crippen molar-refractivity contribution < 1.29 is 0 Å². The summed E-state index contributed by atoms with van der Waals surface area (Å²) in [6.07, 6.45) is 3.88. The summed E-state index contributed by atoms with van der Waals surface area (Å²) < 4.78 is 0. The van der Waals surface area contributed by atoms with E-state index in [9.17, 15) is 0 Å². The molecule has 118 valence electrons. The Bertz CT molecular complexity index is 792. The number of aromatic amines is 1. The Morgan fingerprint density at radius 3 is 2.74 bits per heavy atom. The normalized spacial score (nSPS) is 16.1. The van der Waals surface area contributed by atoms with E-state index in [4.69, 9.17) is 11.6 Å². The Balaban J connectivity index is 1.41. The van der Waals surface area contributed by atoms with Gasteiger partial charge in [0.1, 0.15) is 5.65 Å². The fourth-order valence-electron chi connectivity index (χ4n) is 3.00. The molecule has 0 aromatic carbocycles. The number of pyridine rings is 1. The van der Waals surface area contributed by atoms with E-state index in [0.717, 1.165) is 44.2 Å². The van der Waals surface area contributed by atoms with Gasteiger partial charge in [0.15, 0.2) is 11.0 Å². The Kier molecular flexibility index (Phi) is 3.85. The Labute approximate surface area is 139 Å². The molecule has 0 amide bonds. The van der Waals surface area contributed by atoms with Crippen LogP contribution in [0, 0.1) is 0 Å². The number of rotatable bonds is 3. The molecule has 4 rings (SSSR count).